The predicted molar refractivity (Wildman–Crippen MR) is 163 cm³/mol. The van der Waals surface area contributed by atoms with Crippen LogP contribution in [0.15, 0.2) is 42.5 Å². The first-order valence-corrected chi connectivity index (χ1v) is 15.2. The fourth-order valence-electron chi connectivity index (χ4n) is 6.41. The Balaban J connectivity index is 1.37. The average Bonchev–Trinajstić information content (AvgIpc) is 3.63. The van der Waals surface area contributed by atoms with Gasteiger partial charge in [0, 0.05) is 36.9 Å². The molecule has 10 nitrogen and oxygen atoms in total. The number of ether oxygens (including phenoxy) is 4. The van der Waals surface area contributed by atoms with E-state index in [0.717, 1.165) is 42.8 Å². The molecule has 0 saturated carbocycles. The van der Waals surface area contributed by atoms with Crippen LogP contribution >= 0.6 is 0 Å². The zero-order valence-electron chi connectivity index (χ0n) is 25.7. The number of esters is 1. The quantitative estimate of drug-likeness (QED) is 0.373. The Morgan fingerprint density at radius 3 is 2.50 bits per heavy atom. The van der Waals surface area contributed by atoms with E-state index in [-0.39, 0.29) is 24.7 Å². The number of hydrogen-bond donors (Lipinski definition) is 1. The Morgan fingerprint density at radius 2 is 1.75 bits per heavy atom. The molecule has 232 valence electrons. The molecule has 6 rings (SSSR count). The molecule has 3 aromatic rings. The van der Waals surface area contributed by atoms with Gasteiger partial charge in [0.15, 0.2) is 11.5 Å². The Hall–Kier alpha value is -4.47. The van der Waals surface area contributed by atoms with Gasteiger partial charge >= 0.3 is 12.1 Å². The number of hydrogen-bond acceptors (Lipinski definition) is 7. The van der Waals surface area contributed by atoms with Crippen molar-refractivity contribution in [3.63, 3.8) is 0 Å². The van der Waals surface area contributed by atoms with E-state index in [1.165, 1.54) is 12.7 Å². The monoisotopic (exact) mass is 601 g/mol. The molecule has 1 atom stereocenters. The highest BCUT2D eigenvalue weighted by Crippen LogP contribution is 2.42. The molecule has 1 N–H and O–H groups in total. The molecule has 0 spiro atoms. The summed E-state index contributed by atoms with van der Waals surface area (Å²) in [5.74, 6) is 0.530. The number of benzene rings is 2. The van der Waals surface area contributed by atoms with Crippen molar-refractivity contribution in [1.29, 1.82) is 0 Å². The summed E-state index contributed by atoms with van der Waals surface area (Å²) in [7, 11) is 1.39. The van der Waals surface area contributed by atoms with Gasteiger partial charge in [0.1, 0.15) is 5.60 Å². The van der Waals surface area contributed by atoms with E-state index >= 15 is 0 Å². The number of aromatic nitrogens is 1. The van der Waals surface area contributed by atoms with Crippen molar-refractivity contribution in [2.45, 2.75) is 77.6 Å². The fourth-order valence-corrected chi connectivity index (χ4v) is 6.41. The molecule has 0 fully saturated rings. The maximum Gasteiger partial charge on any atom is 0.407 e. The van der Waals surface area contributed by atoms with Crippen LogP contribution in [0.5, 0.6) is 11.5 Å². The third-order valence-corrected chi connectivity index (χ3v) is 8.44. The molecule has 1 aromatic heterocycles. The molecule has 0 unspecified atom stereocenters. The van der Waals surface area contributed by atoms with Crippen molar-refractivity contribution in [2.24, 2.45) is 0 Å². The minimum Gasteiger partial charge on any atom is -0.465 e. The normalized spacial score (nSPS) is 17.0. The summed E-state index contributed by atoms with van der Waals surface area (Å²) in [5, 5.41) is 2.85. The van der Waals surface area contributed by atoms with Gasteiger partial charge in [-0.25, -0.2) is 9.59 Å². The number of amides is 2. The Morgan fingerprint density at radius 1 is 1.00 bits per heavy atom. The van der Waals surface area contributed by atoms with E-state index in [1.807, 2.05) is 49.9 Å². The second kappa shape index (κ2) is 11.9. The van der Waals surface area contributed by atoms with E-state index in [1.54, 1.807) is 6.07 Å². The third kappa shape index (κ3) is 5.85. The molecule has 3 aliphatic heterocycles. The first kappa shape index (κ1) is 29.6. The number of carbonyl (C=O) groups is 3. The van der Waals surface area contributed by atoms with Crippen molar-refractivity contribution in [1.82, 2.24) is 14.8 Å². The molecule has 0 bridgehead atoms. The standard InChI is InChI=1S/C34H39N3O7/c1-34(2,3)44-33(40)35-13-12-23-15-21-9-5-6-10-22(21)19-37(23)31(38)25-18-30-29(42-20-43-30)17-24(25)28-16-26(32(39)41-4)27-11-7-8-14-36(27)28/h5-6,9-10,16-18,23H,7-8,11-15,19-20H2,1-4H3,(H,35,40)/t23-/m1/s1. The molecule has 4 heterocycles. The summed E-state index contributed by atoms with van der Waals surface area (Å²) >= 11 is 0. The van der Waals surface area contributed by atoms with E-state index in [2.05, 4.69) is 22.0 Å². The van der Waals surface area contributed by atoms with E-state index in [9.17, 15) is 14.4 Å². The first-order chi connectivity index (χ1) is 21.1. The van der Waals surface area contributed by atoms with Crippen molar-refractivity contribution in [3.8, 4) is 22.8 Å². The van der Waals surface area contributed by atoms with E-state index in [0.29, 0.717) is 54.1 Å². The van der Waals surface area contributed by atoms with Gasteiger partial charge in [-0.15, -0.1) is 0 Å². The zero-order valence-corrected chi connectivity index (χ0v) is 25.7. The van der Waals surface area contributed by atoms with E-state index < -0.39 is 11.7 Å². The predicted octanol–water partition coefficient (Wildman–Crippen LogP) is 5.49. The van der Waals surface area contributed by atoms with Gasteiger partial charge < -0.3 is 33.7 Å². The molecular formula is C34H39N3O7. The highest BCUT2D eigenvalue weighted by atomic mass is 16.7. The van der Waals surface area contributed by atoms with Gasteiger partial charge in [0.05, 0.1) is 23.9 Å². The van der Waals surface area contributed by atoms with Gasteiger partial charge in [-0.05, 0) is 82.2 Å². The summed E-state index contributed by atoms with van der Waals surface area (Å²) < 4.78 is 24.1. The average molecular weight is 602 g/mol. The topological polar surface area (TPSA) is 108 Å². The van der Waals surface area contributed by atoms with Crippen LogP contribution in [0.3, 0.4) is 0 Å². The molecule has 0 aliphatic carbocycles. The molecule has 3 aliphatic rings. The number of carbonyl (C=O) groups excluding carboxylic acids is 3. The summed E-state index contributed by atoms with van der Waals surface area (Å²) in [5.41, 5.74) is 5.06. The Labute approximate surface area is 257 Å². The Bertz CT molecular complexity index is 1600. The van der Waals surface area contributed by atoms with Gasteiger partial charge in [-0.1, -0.05) is 24.3 Å². The number of fused-ring (bicyclic) bond motifs is 3. The summed E-state index contributed by atoms with van der Waals surface area (Å²) in [4.78, 5) is 41.7. The lowest BCUT2D eigenvalue weighted by Crippen LogP contribution is -2.46. The largest absolute Gasteiger partial charge is 0.465 e. The van der Waals surface area contributed by atoms with Crippen molar-refractivity contribution >= 4 is 18.0 Å². The molecule has 44 heavy (non-hydrogen) atoms. The third-order valence-electron chi connectivity index (χ3n) is 8.44. The van der Waals surface area contributed by atoms with Crippen molar-refractivity contribution in [3.05, 3.63) is 70.4 Å². The van der Waals surface area contributed by atoms with Crippen molar-refractivity contribution in [2.75, 3.05) is 20.4 Å². The molecule has 0 radical (unpaired) electrons. The second-order valence-corrected chi connectivity index (χ2v) is 12.5. The Kier molecular flexibility index (Phi) is 8.00. The van der Waals surface area contributed by atoms with Crippen LogP contribution in [0.1, 0.15) is 77.6 Å². The molecule has 2 amide bonds. The molecule has 10 heteroatoms. The SMILES string of the molecule is COC(=O)c1cc(-c2cc3c(cc2C(=O)N2Cc4ccccc4C[C@H]2CCNC(=O)OC(C)(C)C)OCO3)n2c1CCCC2. The van der Waals surface area contributed by atoms with Crippen LogP contribution in [0, 0.1) is 0 Å². The second-order valence-electron chi connectivity index (χ2n) is 12.5. The maximum atomic E-state index is 14.7. The van der Waals surface area contributed by atoms with Crippen molar-refractivity contribution < 1.29 is 33.3 Å². The lowest BCUT2D eigenvalue weighted by Gasteiger charge is -2.37. The molecule has 2 aromatic carbocycles. The number of alkyl carbamates (subject to hydrolysis) is 1. The highest BCUT2D eigenvalue weighted by Gasteiger charge is 2.34. The molecule has 0 saturated heterocycles. The highest BCUT2D eigenvalue weighted by molar-refractivity contribution is 6.03. The van der Waals surface area contributed by atoms with E-state index in [4.69, 9.17) is 18.9 Å². The summed E-state index contributed by atoms with van der Waals surface area (Å²) in [6.45, 7) is 7.06. The van der Waals surface area contributed by atoms with Gasteiger partial charge in [-0.2, -0.15) is 0 Å². The van der Waals surface area contributed by atoms with Gasteiger partial charge in [-0.3, -0.25) is 4.79 Å². The van der Waals surface area contributed by atoms with Crippen LogP contribution < -0.4 is 14.8 Å². The lowest BCUT2D eigenvalue weighted by molar-refractivity contribution is 0.0514. The van der Waals surface area contributed by atoms with Crippen LogP contribution in [0.25, 0.3) is 11.3 Å². The van der Waals surface area contributed by atoms with Crippen LogP contribution in [-0.4, -0.2) is 59.5 Å². The lowest BCUT2D eigenvalue weighted by atomic mass is 9.91. The van der Waals surface area contributed by atoms with Crippen LogP contribution in [-0.2, 0) is 35.4 Å². The summed E-state index contributed by atoms with van der Waals surface area (Å²) in [6.07, 6.45) is 3.43. The number of rotatable bonds is 6. The maximum absolute atomic E-state index is 14.7. The number of nitrogens with one attached hydrogen (secondary N) is 1. The fraction of sp³-hybridized carbons (Fsp3) is 0.441. The van der Waals surface area contributed by atoms with Crippen LogP contribution in [0.2, 0.25) is 0 Å². The van der Waals surface area contributed by atoms with Gasteiger partial charge in [0.2, 0.25) is 6.79 Å². The van der Waals surface area contributed by atoms with Gasteiger partial charge in [0.25, 0.3) is 5.91 Å². The summed E-state index contributed by atoms with van der Waals surface area (Å²) in [6, 6.07) is 13.4. The number of nitrogens with zero attached hydrogens (tertiary/aromatic N) is 2. The molecular weight excluding hydrogens is 562 g/mol. The zero-order chi connectivity index (χ0) is 31.0. The smallest absolute Gasteiger partial charge is 0.407 e. The van der Waals surface area contributed by atoms with Crippen LogP contribution in [0.4, 0.5) is 4.79 Å². The number of methoxy groups -OCH3 is 1. The first-order valence-electron chi connectivity index (χ1n) is 15.2. The minimum absolute atomic E-state index is 0.0716. The minimum atomic E-state index is -0.600.